The highest BCUT2D eigenvalue weighted by Gasteiger charge is 2.00. The summed E-state index contributed by atoms with van der Waals surface area (Å²) >= 11 is 0. The fourth-order valence-corrected chi connectivity index (χ4v) is 0.839. The molecule has 0 aliphatic carbocycles. The molecular weight excluding hydrogens is 122 g/mol. The molecule has 0 heterocycles. The maximum atomic E-state index is 5.12. The van der Waals surface area contributed by atoms with Gasteiger partial charge < -0.3 is 5.32 Å². The first-order valence-corrected chi connectivity index (χ1v) is 3.56. The van der Waals surface area contributed by atoms with E-state index in [1.54, 1.807) is 0 Å². The monoisotopic (exact) mass is 137 g/mol. The molecule has 1 nitrogen and oxygen atoms in total. The van der Waals surface area contributed by atoms with E-state index in [9.17, 15) is 0 Å². The Bertz CT molecular complexity index is 121. The van der Waals surface area contributed by atoms with Crippen LogP contribution in [0, 0.1) is 12.3 Å². The quantitative estimate of drug-likeness (QED) is 0.448. The molecule has 0 aliphatic heterocycles. The minimum atomic E-state index is 0.508. The number of hydrogen-bond acceptors (Lipinski definition) is 1. The summed E-state index contributed by atoms with van der Waals surface area (Å²) < 4.78 is 0. The highest BCUT2D eigenvalue weighted by atomic mass is 14.9. The van der Waals surface area contributed by atoms with E-state index < -0.39 is 0 Å². The van der Waals surface area contributed by atoms with Gasteiger partial charge in [0.15, 0.2) is 0 Å². The second-order valence-corrected chi connectivity index (χ2v) is 2.25. The van der Waals surface area contributed by atoms with E-state index in [4.69, 9.17) is 6.42 Å². The molecule has 56 valence electrons. The molecule has 1 N–H and O–H groups in total. The summed E-state index contributed by atoms with van der Waals surface area (Å²) in [4.78, 5) is 0. The van der Waals surface area contributed by atoms with Crippen molar-refractivity contribution in [2.45, 2.75) is 25.3 Å². The van der Waals surface area contributed by atoms with Crippen LogP contribution in [0.4, 0.5) is 0 Å². The lowest BCUT2D eigenvalue weighted by Gasteiger charge is -2.10. The Hall–Kier alpha value is -0.740. The number of rotatable bonds is 5. The molecule has 0 aromatic heterocycles. The van der Waals surface area contributed by atoms with Gasteiger partial charge in [-0.05, 0) is 19.9 Å². The van der Waals surface area contributed by atoms with Crippen LogP contribution in [0.5, 0.6) is 0 Å². The third-order valence-corrected chi connectivity index (χ3v) is 1.50. The van der Waals surface area contributed by atoms with Gasteiger partial charge >= 0.3 is 0 Å². The van der Waals surface area contributed by atoms with Crippen LogP contribution >= 0.6 is 0 Å². The molecule has 1 unspecified atom stereocenters. The van der Waals surface area contributed by atoms with E-state index in [0.29, 0.717) is 6.04 Å². The summed E-state index contributed by atoms with van der Waals surface area (Å²) in [5, 5.41) is 3.17. The SMILES string of the molecule is C#CCCC(CC=C)NC. The molecular formula is C9H15N. The third kappa shape index (κ3) is 4.17. The Morgan fingerprint density at radius 1 is 1.80 bits per heavy atom. The van der Waals surface area contributed by atoms with Gasteiger partial charge in [0, 0.05) is 12.5 Å². The van der Waals surface area contributed by atoms with E-state index >= 15 is 0 Å². The Labute approximate surface area is 63.5 Å². The first kappa shape index (κ1) is 9.26. The lowest BCUT2D eigenvalue weighted by molar-refractivity contribution is 0.536. The van der Waals surface area contributed by atoms with Gasteiger partial charge in [-0.2, -0.15) is 0 Å². The van der Waals surface area contributed by atoms with Crippen molar-refractivity contribution in [2.75, 3.05) is 7.05 Å². The number of hydrogen-bond donors (Lipinski definition) is 1. The first-order chi connectivity index (χ1) is 4.85. The van der Waals surface area contributed by atoms with Crippen molar-refractivity contribution >= 4 is 0 Å². The highest BCUT2D eigenvalue weighted by Crippen LogP contribution is 2.00. The molecule has 0 aromatic rings. The number of nitrogens with one attached hydrogen (secondary N) is 1. The van der Waals surface area contributed by atoms with Crippen LogP contribution in [0.2, 0.25) is 0 Å². The predicted molar refractivity (Wildman–Crippen MR) is 45.7 cm³/mol. The molecule has 0 aromatic carbocycles. The second-order valence-electron chi connectivity index (χ2n) is 2.25. The molecule has 1 heteroatoms. The Kier molecular flexibility index (Phi) is 5.91. The normalized spacial score (nSPS) is 12.0. The minimum absolute atomic E-state index is 0.508. The Balaban J connectivity index is 3.41. The van der Waals surface area contributed by atoms with Crippen LogP contribution in [0.3, 0.4) is 0 Å². The summed E-state index contributed by atoms with van der Waals surface area (Å²) in [7, 11) is 1.95. The van der Waals surface area contributed by atoms with Gasteiger partial charge in [0.05, 0.1) is 0 Å². The van der Waals surface area contributed by atoms with E-state index in [-0.39, 0.29) is 0 Å². The Morgan fingerprint density at radius 3 is 2.90 bits per heavy atom. The molecule has 0 bridgehead atoms. The van der Waals surface area contributed by atoms with Crippen LogP contribution in [0.25, 0.3) is 0 Å². The van der Waals surface area contributed by atoms with Crippen molar-refractivity contribution in [2.24, 2.45) is 0 Å². The molecule has 0 fully saturated rings. The summed E-state index contributed by atoms with van der Waals surface area (Å²) in [5.74, 6) is 2.62. The van der Waals surface area contributed by atoms with Crippen molar-refractivity contribution in [3.8, 4) is 12.3 Å². The van der Waals surface area contributed by atoms with Crippen LogP contribution in [0.1, 0.15) is 19.3 Å². The molecule has 0 saturated carbocycles. The standard InChI is InChI=1S/C9H15N/c1-4-6-8-9(10-3)7-5-2/h1,5,9-10H,2,6-8H2,3H3. The van der Waals surface area contributed by atoms with Gasteiger partial charge in [0.2, 0.25) is 0 Å². The average Bonchev–Trinajstić information content (AvgIpc) is 1.98. The van der Waals surface area contributed by atoms with Gasteiger partial charge in [0.25, 0.3) is 0 Å². The smallest absolute Gasteiger partial charge is 0.0107 e. The van der Waals surface area contributed by atoms with Crippen molar-refractivity contribution in [1.29, 1.82) is 0 Å². The van der Waals surface area contributed by atoms with E-state index in [2.05, 4.69) is 17.8 Å². The van der Waals surface area contributed by atoms with E-state index in [0.717, 1.165) is 19.3 Å². The summed E-state index contributed by atoms with van der Waals surface area (Å²) in [5.41, 5.74) is 0. The largest absolute Gasteiger partial charge is 0.317 e. The molecule has 0 spiro atoms. The highest BCUT2D eigenvalue weighted by molar-refractivity contribution is 4.87. The maximum Gasteiger partial charge on any atom is 0.0107 e. The van der Waals surface area contributed by atoms with Crippen molar-refractivity contribution in [1.82, 2.24) is 5.32 Å². The van der Waals surface area contributed by atoms with Crippen molar-refractivity contribution < 1.29 is 0 Å². The van der Waals surface area contributed by atoms with Crippen LogP contribution in [-0.2, 0) is 0 Å². The second kappa shape index (κ2) is 6.38. The van der Waals surface area contributed by atoms with Gasteiger partial charge in [0.1, 0.15) is 0 Å². The lowest BCUT2D eigenvalue weighted by atomic mass is 10.1. The summed E-state index contributed by atoms with van der Waals surface area (Å²) in [6.07, 6.45) is 9.92. The third-order valence-electron chi connectivity index (χ3n) is 1.50. The van der Waals surface area contributed by atoms with Gasteiger partial charge in [-0.1, -0.05) is 6.08 Å². The maximum absolute atomic E-state index is 5.12. The molecule has 0 radical (unpaired) electrons. The van der Waals surface area contributed by atoms with E-state index in [1.165, 1.54) is 0 Å². The van der Waals surface area contributed by atoms with Gasteiger partial charge in [-0.15, -0.1) is 18.9 Å². The van der Waals surface area contributed by atoms with E-state index in [1.807, 2.05) is 13.1 Å². The molecule has 1 atom stereocenters. The lowest BCUT2D eigenvalue weighted by Crippen LogP contribution is -2.23. The fraction of sp³-hybridized carbons (Fsp3) is 0.556. The van der Waals surface area contributed by atoms with Gasteiger partial charge in [-0.25, -0.2) is 0 Å². The molecule has 0 aliphatic rings. The number of terminal acetylenes is 1. The van der Waals surface area contributed by atoms with Gasteiger partial charge in [-0.3, -0.25) is 0 Å². The molecule has 0 saturated heterocycles. The Morgan fingerprint density at radius 2 is 2.50 bits per heavy atom. The molecule has 10 heavy (non-hydrogen) atoms. The topological polar surface area (TPSA) is 12.0 Å². The van der Waals surface area contributed by atoms with Crippen LogP contribution < -0.4 is 5.32 Å². The van der Waals surface area contributed by atoms with Crippen molar-refractivity contribution in [3.63, 3.8) is 0 Å². The zero-order valence-corrected chi connectivity index (χ0v) is 6.56. The zero-order chi connectivity index (χ0) is 7.82. The zero-order valence-electron chi connectivity index (χ0n) is 6.56. The molecule has 0 rings (SSSR count). The fourth-order valence-electron chi connectivity index (χ4n) is 0.839. The van der Waals surface area contributed by atoms with Crippen molar-refractivity contribution in [3.05, 3.63) is 12.7 Å². The molecule has 0 amide bonds. The summed E-state index contributed by atoms with van der Waals surface area (Å²) in [6, 6.07) is 0.508. The van der Waals surface area contributed by atoms with Crippen LogP contribution in [-0.4, -0.2) is 13.1 Å². The minimum Gasteiger partial charge on any atom is -0.317 e. The average molecular weight is 137 g/mol. The summed E-state index contributed by atoms with van der Waals surface area (Å²) in [6.45, 7) is 3.66. The predicted octanol–water partition coefficient (Wildman–Crippen LogP) is 1.56. The first-order valence-electron chi connectivity index (χ1n) is 3.56. The van der Waals surface area contributed by atoms with Crippen LogP contribution in [0.15, 0.2) is 12.7 Å².